The van der Waals surface area contributed by atoms with Crippen molar-refractivity contribution in [2.75, 3.05) is 12.3 Å². The Hall–Kier alpha value is -1.66. The predicted octanol–water partition coefficient (Wildman–Crippen LogP) is 2.23. The predicted molar refractivity (Wildman–Crippen MR) is 80.5 cm³/mol. The lowest BCUT2D eigenvalue weighted by molar-refractivity contribution is 0.0935. The highest BCUT2D eigenvalue weighted by atomic mass is 35.5. The third-order valence-electron chi connectivity index (χ3n) is 2.51. The quantitative estimate of drug-likeness (QED) is 0.804. The van der Waals surface area contributed by atoms with Gasteiger partial charge < -0.3 is 10.1 Å². The van der Waals surface area contributed by atoms with Crippen LogP contribution in [0.3, 0.4) is 0 Å². The van der Waals surface area contributed by atoms with Crippen LogP contribution in [0.25, 0.3) is 0 Å². The SMILES string of the molecule is O=C(NCCS)c1ccnn1COc1ccc(Cl)cc1. The Balaban J connectivity index is 1.98. The van der Waals surface area contributed by atoms with Crippen LogP contribution in [0.2, 0.25) is 5.02 Å². The first-order chi connectivity index (χ1) is 9.70. The summed E-state index contributed by atoms with van der Waals surface area (Å²) in [5, 5.41) is 7.44. The molecular weight excluding hydrogens is 298 g/mol. The molecule has 7 heteroatoms. The van der Waals surface area contributed by atoms with E-state index in [1.807, 2.05) is 0 Å². The summed E-state index contributed by atoms with van der Waals surface area (Å²) in [6.07, 6.45) is 1.56. The van der Waals surface area contributed by atoms with E-state index in [9.17, 15) is 4.79 Å². The number of amides is 1. The highest BCUT2D eigenvalue weighted by Gasteiger charge is 2.11. The average Bonchev–Trinajstić information content (AvgIpc) is 2.92. The van der Waals surface area contributed by atoms with E-state index in [-0.39, 0.29) is 12.6 Å². The highest BCUT2D eigenvalue weighted by molar-refractivity contribution is 7.80. The minimum atomic E-state index is -0.198. The number of hydrogen-bond donors (Lipinski definition) is 2. The molecule has 0 aliphatic rings. The number of benzene rings is 1. The number of carbonyl (C=O) groups is 1. The Kier molecular flexibility index (Phi) is 5.31. The molecule has 2 aromatic rings. The maximum Gasteiger partial charge on any atom is 0.269 e. The Morgan fingerprint density at radius 3 is 2.80 bits per heavy atom. The van der Waals surface area contributed by atoms with Crippen molar-refractivity contribution in [3.63, 3.8) is 0 Å². The van der Waals surface area contributed by atoms with Gasteiger partial charge in [-0.1, -0.05) is 11.6 Å². The molecule has 1 N–H and O–H groups in total. The van der Waals surface area contributed by atoms with Crippen LogP contribution in [-0.4, -0.2) is 28.0 Å². The van der Waals surface area contributed by atoms with E-state index in [1.165, 1.54) is 4.68 Å². The number of nitrogens with zero attached hydrogens (tertiary/aromatic N) is 2. The molecule has 0 radical (unpaired) electrons. The van der Waals surface area contributed by atoms with E-state index in [2.05, 4.69) is 23.0 Å². The standard InChI is InChI=1S/C13H14ClN3O2S/c14-10-1-3-11(4-2-10)19-9-17-12(5-6-16-17)13(18)15-7-8-20/h1-6,20H,7-9H2,(H,15,18). The third kappa shape index (κ3) is 3.91. The van der Waals surface area contributed by atoms with Gasteiger partial charge >= 0.3 is 0 Å². The van der Waals surface area contributed by atoms with Crippen LogP contribution in [0, 0.1) is 0 Å². The normalized spacial score (nSPS) is 10.3. The van der Waals surface area contributed by atoms with E-state index in [4.69, 9.17) is 16.3 Å². The lowest BCUT2D eigenvalue weighted by Crippen LogP contribution is -2.28. The number of carbonyl (C=O) groups excluding carboxylic acids is 1. The molecule has 0 saturated heterocycles. The fourth-order valence-corrected chi connectivity index (χ4v) is 1.79. The third-order valence-corrected chi connectivity index (χ3v) is 2.99. The summed E-state index contributed by atoms with van der Waals surface area (Å²) in [6, 6.07) is 8.62. The first kappa shape index (κ1) is 14.7. The summed E-state index contributed by atoms with van der Waals surface area (Å²) in [4.78, 5) is 11.9. The summed E-state index contributed by atoms with van der Waals surface area (Å²) in [5.74, 6) is 1.05. The van der Waals surface area contributed by atoms with Gasteiger partial charge in [-0.2, -0.15) is 17.7 Å². The number of halogens is 1. The topological polar surface area (TPSA) is 56.2 Å². The van der Waals surface area contributed by atoms with E-state index >= 15 is 0 Å². The van der Waals surface area contributed by atoms with Gasteiger partial charge in [0.15, 0.2) is 6.73 Å². The Morgan fingerprint density at radius 1 is 1.35 bits per heavy atom. The second kappa shape index (κ2) is 7.21. The largest absolute Gasteiger partial charge is 0.471 e. The number of aromatic nitrogens is 2. The monoisotopic (exact) mass is 311 g/mol. The lowest BCUT2D eigenvalue weighted by Gasteiger charge is -2.09. The zero-order chi connectivity index (χ0) is 14.4. The molecule has 1 aromatic carbocycles. The van der Waals surface area contributed by atoms with Crippen LogP contribution >= 0.6 is 24.2 Å². The molecule has 0 bridgehead atoms. The van der Waals surface area contributed by atoms with Gasteiger partial charge in [0.25, 0.3) is 5.91 Å². The number of hydrogen-bond acceptors (Lipinski definition) is 4. The molecule has 1 amide bonds. The van der Waals surface area contributed by atoms with Crippen molar-refractivity contribution in [3.8, 4) is 5.75 Å². The van der Waals surface area contributed by atoms with E-state index in [1.54, 1.807) is 36.5 Å². The van der Waals surface area contributed by atoms with Crippen molar-refractivity contribution in [2.45, 2.75) is 6.73 Å². The van der Waals surface area contributed by atoms with Crippen molar-refractivity contribution in [2.24, 2.45) is 0 Å². The molecule has 0 aliphatic carbocycles. The lowest BCUT2D eigenvalue weighted by atomic mass is 10.3. The van der Waals surface area contributed by atoms with E-state index in [0.717, 1.165) is 0 Å². The van der Waals surface area contributed by atoms with Gasteiger partial charge in [0.2, 0.25) is 0 Å². The van der Waals surface area contributed by atoms with Gasteiger partial charge in [-0.15, -0.1) is 0 Å². The smallest absolute Gasteiger partial charge is 0.269 e. The van der Waals surface area contributed by atoms with E-state index < -0.39 is 0 Å². The van der Waals surface area contributed by atoms with Gasteiger partial charge in [0.1, 0.15) is 11.4 Å². The first-order valence-electron chi connectivity index (χ1n) is 6.00. The van der Waals surface area contributed by atoms with Crippen molar-refractivity contribution < 1.29 is 9.53 Å². The van der Waals surface area contributed by atoms with Crippen LogP contribution in [0.4, 0.5) is 0 Å². The van der Waals surface area contributed by atoms with Crippen LogP contribution < -0.4 is 10.1 Å². The molecule has 0 fully saturated rings. The molecule has 1 aromatic heterocycles. The second-order valence-corrected chi connectivity index (χ2v) is 4.81. The fraction of sp³-hybridized carbons (Fsp3) is 0.231. The second-order valence-electron chi connectivity index (χ2n) is 3.92. The van der Waals surface area contributed by atoms with Gasteiger partial charge in [-0.05, 0) is 30.3 Å². The molecular formula is C13H14ClN3O2S. The molecule has 1 heterocycles. The number of thiol groups is 1. The maximum atomic E-state index is 11.9. The van der Waals surface area contributed by atoms with Crippen molar-refractivity contribution in [1.29, 1.82) is 0 Å². The molecule has 2 rings (SSSR count). The van der Waals surface area contributed by atoms with Gasteiger partial charge in [0.05, 0.1) is 0 Å². The van der Waals surface area contributed by atoms with Gasteiger partial charge in [-0.25, -0.2) is 4.68 Å². The number of nitrogens with one attached hydrogen (secondary N) is 1. The van der Waals surface area contributed by atoms with Crippen molar-refractivity contribution >= 4 is 30.1 Å². The molecule has 5 nitrogen and oxygen atoms in total. The Morgan fingerprint density at radius 2 is 2.10 bits per heavy atom. The van der Waals surface area contributed by atoms with Gasteiger partial charge in [0, 0.05) is 23.5 Å². The van der Waals surface area contributed by atoms with Crippen LogP contribution in [0.5, 0.6) is 5.75 Å². The minimum Gasteiger partial charge on any atom is -0.471 e. The average molecular weight is 312 g/mol. The summed E-state index contributed by atoms with van der Waals surface area (Å²) >= 11 is 9.84. The minimum absolute atomic E-state index is 0.151. The Labute approximate surface area is 127 Å². The van der Waals surface area contributed by atoms with Crippen LogP contribution in [-0.2, 0) is 6.73 Å². The van der Waals surface area contributed by atoms with E-state index in [0.29, 0.717) is 28.8 Å². The maximum absolute atomic E-state index is 11.9. The molecule has 0 unspecified atom stereocenters. The first-order valence-corrected chi connectivity index (χ1v) is 7.01. The summed E-state index contributed by atoms with van der Waals surface area (Å²) < 4.78 is 7.04. The molecule has 0 aliphatic heterocycles. The molecule has 106 valence electrons. The van der Waals surface area contributed by atoms with Gasteiger partial charge in [-0.3, -0.25) is 4.79 Å². The summed E-state index contributed by atoms with van der Waals surface area (Å²) in [7, 11) is 0. The fourth-order valence-electron chi connectivity index (χ4n) is 1.55. The number of rotatable bonds is 6. The highest BCUT2D eigenvalue weighted by Crippen LogP contribution is 2.16. The summed E-state index contributed by atoms with van der Waals surface area (Å²) in [5.41, 5.74) is 0.445. The van der Waals surface area contributed by atoms with Crippen LogP contribution in [0.1, 0.15) is 10.5 Å². The molecule has 0 spiro atoms. The molecule has 0 atom stereocenters. The molecule has 0 saturated carbocycles. The van der Waals surface area contributed by atoms with Crippen LogP contribution in [0.15, 0.2) is 36.5 Å². The Bertz CT molecular complexity index is 571. The summed E-state index contributed by atoms with van der Waals surface area (Å²) in [6.45, 7) is 0.656. The molecule has 20 heavy (non-hydrogen) atoms. The zero-order valence-corrected chi connectivity index (χ0v) is 12.3. The van der Waals surface area contributed by atoms with Crippen molar-refractivity contribution in [3.05, 3.63) is 47.2 Å². The zero-order valence-electron chi connectivity index (χ0n) is 10.6. The van der Waals surface area contributed by atoms with Crippen molar-refractivity contribution in [1.82, 2.24) is 15.1 Å². The number of ether oxygens (including phenoxy) is 1.